The van der Waals surface area contributed by atoms with E-state index in [2.05, 4.69) is 14.5 Å². The number of allylic oxidation sites excluding steroid dienone is 2. The van der Waals surface area contributed by atoms with Crippen LogP contribution in [0.2, 0.25) is 10.0 Å². The molecule has 0 aliphatic rings. The van der Waals surface area contributed by atoms with Gasteiger partial charge in [-0.2, -0.15) is 0 Å². The van der Waals surface area contributed by atoms with Gasteiger partial charge in [0.2, 0.25) is 5.91 Å². The number of aromatic hydroxyl groups is 1. The normalized spacial score (nSPS) is 11.7. The number of benzene rings is 2. The van der Waals surface area contributed by atoms with Gasteiger partial charge >= 0.3 is 0 Å². The zero-order valence-corrected chi connectivity index (χ0v) is 22.1. The number of carbonyl (C=O) groups is 1. The predicted octanol–water partition coefficient (Wildman–Crippen LogP) is 4.85. The third-order valence-corrected chi connectivity index (χ3v) is 6.61. The van der Waals surface area contributed by atoms with Crippen molar-refractivity contribution >= 4 is 52.3 Å². The first-order chi connectivity index (χ1) is 17.3. The zero-order chi connectivity index (χ0) is 26.1. The Balaban J connectivity index is 1.77. The first-order valence-electron chi connectivity index (χ1n) is 11.9. The van der Waals surface area contributed by atoms with E-state index >= 15 is 0 Å². The summed E-state index contributed by atoms with van der Waals surface area (Å²) in [7, 11) is 3.52. The summed E-state index contributed by atoms with van der Waals surface area (Å²) in [6.45, 7) is 1.74. The van der Waals surface area contributed by atoms with Gasteiger partial charge in [0, 0.05) is 37.7 Å². The van der Waals surface area contributed by atoms with Gasteiger partial charge in [-0.1, -0.05) is 47.5 Å². The molecular weight excluding hydrogens is 499 g/mol. The molecule has 0 saturated heterocycles. The van der Waals surface area contributed by atoms with Crippen LogP contribution in [0.15, 0.2) is 42.5 Å². The van der Waals surface area contributed by atoms with E-state index < -0.39 is 0 Å². The van der Waals surface area contributed by atoms with Crippen molar-refractivity contribution in [2.45, 2.75) is 32.2 Å². The number of nitrogens with two attached hydrogens (primary N) is 1. The maximum atomic E-state index is 11.8. The highest BCUT2D eigenvalue weighted by molar-refractivity contribution is 6.42. The van der Waals surface area contributed by atoms with Crippen molar-refractivity contribution in [3.8, 4) is 11.5 Å². The fourth-order valence-corrected chi connectivity index (χ4v) is 4.33. The van der Waals surface area contributed by atoms with Gasteiger partial charge in [0.05, 0.1) is 30.7 Å². The molecule has 36 heavy (non-hydrogen) atoms. The molecule has 1 amide bonds. The van der Waals surface area contributed by atoms with Gasteiger partial charge in [-0.05, 0) is 37.0 Å². The lowest BCUT2D eigenvalue weighted by atomic mass is 10.2. The van der Waals surface area contributed by atoms with Crippen LogP contribution in [0.4, 0.5) is 0 Å². The molecule has 0 spiro atoms. The molecule has 192 valence electrons. The SMILES string of the molecule is COc1cc(/C=C/C=C/c2n(CCCCCC(=O)NCCN)c3cc(Cl)c(Cl)cc3[n+]2C)ccc1O. The third-order valence-electron chi connectivity index (χ3n) is 5.89. The molecular formula is C27H33Cl2N4O3+. The lowest BCUT2D eigenvalue weighted by Crippen LogP contribution is -2.31. The van der Waals surface area contributed by atoms with E-state index in [1.54, 1.807) is 12.1 Å². The number of phenols is 1. The number of rotatable bonds is 12. The molecule has 0 bridgehead atoms. The monoisotopic (exact) mass is 531 g/mol. The van der Waals surface area contributed by atoms with Crippen LogP contribution in [0, 0.1) is 0 Å². The number of unbranched alkanes of at least 4 members (excludes halogenated alkanes) is 2. The van der Waals surface area contributed by atoms with Crippen LogP contribution in [-0.4, -0.2) is 35.8 Å². The van der Waals surface area contributed by atoms with E-state index in [0.717, 1.165) is 48.2 Å². The number of ether oxygens (including phenoxy) is 1. The number of carbonyl (C=O) groups excluding carboxylic acids is 1. The smallest absolute Gasteiger partial charge is 0.282 e. The molecule has 0 atom stereocenters. The number of methoxy groups -OCH3 is 1. The Bertz CT molecular complexity index is 1270. The Hall–Kier alpha value is -3.00. The third kappa shape index (κ3) is 7.03. The van der Waals surface area contributed by atoms with Gasteiger partial charge in [0.15, 0.2) is 22.5 Å². The number of imidazole rings is 1. The van der Waals surface area contributed by atoms with E-state index in [9.17, 15) is 9.90 Å². The molecule has 9 heteroatoms. The number of aromatic nitrogens is 2. The van der Waals surface area contributed by atoms with Gasteiger partial charge in [-0.15, -0.1) is 0 Å². The summed E-state index contributed by atoms with van der Waals surface area (Å²) in [5.74, 6) is 1.58. The molecule has 3 aromatic rings. The summed E-state index contributed by atoms with van der Waals surface area (Å²) in [6.07, 6.45) is 11.0. The summed E-state index contributed by atoms with van der Waals surface area (Å²) >= 11 is 12.7. The first kappa shape index (κ1) is 27.6. The second-order valence-corrected chi connectivity index (χ2v) is 9.24. The van der Waals surface area contributed by atoms with E-state index in [1.807, 2.05) is 49.6 Å². The van der Waals surface area contributed by atoms with Crippen LogP contribution < -0.4 is 20.4 Å². The summed E-state index contributed by atoms with van der Waals surface area (Å²) in [5, 5.41) is 13.6. The summed E-state index contributed by atoms with van der Waals surface area (Å²) in [6, 6.07) is 8.98. The topological polar surface area (TPSA) is 93.4 Å². The lowest BCUT2D eigenvalue weighted by Gasteiger charge is -2.04. The highest BCUT2D eigenvalue weighted by Crippen LogP contribution is 2.29. The average molecular weight is 532 g/mol. The standard InChI is InChI=1S/C27H32Cl2N4O3/c1-32-22-17-20(28)21(29)18-23(22)33(15-7-3-4-9-26(35)31-14-13-30)27(32)10-6-5-8-19-11-12-24(34)25(16-19)36-2/h5-6,8,10-12,16-18H,3-4,7,9,13-15,30H2,1-2H3,(H,31,35)/p+1. The Morgan fingerprint density at radius 3 is 2.64 bits per heavy atom. The molecule has 0 saturated carbocycles. The van der Waals surface area contributed by atoms with E-state index in [0.29, 0.717) is 35.3 Å². The quantitative estimate of drug-likeness (QED) is 0.177. The van der Waals surface area contributed by atoms with E-state index in [4.69, 9.17) is 33.7 Å². The van der Waals surface area contributed by atoms with Crippen molar-refractivity contribution in [2.24, 2.45) is 12.8 Å². The van der Waals surface area contributed by atoms with Crippen molar-refractivity contribution in [3.05, 3.63) is 63.9 Å². The molecule has 0 aliphatic carbocycles. The molecule has 7 nitrogen and oxygen atoms in total. The first-order valence-corrected chi connectivity index (χ1v) is 12.7. The Morgan fingerprint density at radius 2 is 1.89 bits per heavy atom. The molecule has 0 fully saturated rings. The average Bonchev–Trinajstić information content (AvgIpc) is 3.11. The molecule has 3 rings (SSSR count). The number of hydrogen-bond donors (Lipinski definition) is 3. The van der Waals surface area contributed by atoms with Crippen molar-refractivity contribution in [1.29, 1.82) is 0 Å². The van der Waals surface area contributed by atoms with Gasteiger partial charge in [0.1, 0.15) is 0 Å². The van der Waals surface area contributed by atoms with Crippen molar-refractivity contribution in [2.75, 3.05) is 20.2 Å². The highest BCUT2D eigenvalue weighted by Gasteiger charge is 2.22. The van der Waals surface area contributed by atoms with Crippen LogP contribution >= 0.6 is 23.2 Å². The fraction of sp³-hybridized carbons (Fsp3) is 0.333. The van der Waals surface area contributed by atoms with Crippen molar-refractivity contribution in [1.82, 2.24) is 9.88 Å². The molecule has 2 aromatic carbocycles. The van der Waals surface area contributed by atoms with Gasteiger partial charge in [-0.3, -0.25) is 4.79 Å². The lowest BCUT2D eigenvalue weighted by molar-refractivity contribution is -0.647. The molecule has 4 N–H and O–H groups in total. The molecule has 0 unspecified atom stereocenters. The maximum absolute atomic E-state index is 11.8. The number of halogens is 2. The van der Waals surface area contributed by atoms with E-state index in [1.165, 1.54) is 7.11 Å². The number of nitrogens with one attached hydrogen (secondary N) is 1. The van der Waals surface area contributed by atoms with Gasteiger partial charge in [-0.25, -0.2) is 9.13 Å². The minimum Gasteiger partial charge on any atom is -0.504 e. The second-order valence-electron chi connectivity index (χ2n) is 8.42. The summed E-state index contributed by atoms with van der Waals surface area (Å²) < 4.78 is 9.48. The van der Waals surface area contributed by atoms with Crippen LogP contribution in [0.3, 0.4) is 0 Å². The molecule has 0 aliphatic heterocycles. The van der Waals surface area contributed by atoms with E-state index in [-0.39, 0.29) is 11.7 Å². The largest absolute Gasteiger partial charge is 0.504 e. The van der Waals surface area contributed by atoms with Crippen LogP contribution in [0.1, 0.15) is 37.1 Å². The summed E-state index contributed by atoms with van der Waals surface area (Å²) in [4.78, 5) is 11.8. The Kier molecular flexibility index (Phi) is 10.2. The number of aryl methyl sites for hydroxylation is 2. The maximum Gasteiger partial charge on any atom is 0.282 e. The van der Waals surface area contributed by atoms with Crippen molar-refractivity contribution in [3.63, 3.8) is 0 Å². The molecule has 0 radical (unpaired) electrons. The number of phenolic OH excluding ortho intramolecular Hbond substituents is 1. The number of amides is 1. The highest BCUT2D eigenvalue weighted by atomic mass is 35.5. The minimum absolute atomic E-state index is 0.0429. The Labute approximate surface area is 221 Å². The number of hydrogen-bond acceptors (Lipinski definition) is 4. The molecule has 1 aromatic heterocycles. The predicted molar refractivity (Wildman–Crippen MR) is 146 cm³/mol. The van der Waals surface area contributed by atoms with Gasteiger partial charge in [0.25, 0.3) is 5.82 Å². The summed E-state index contributed by atoms with van der Waals surface area (Å²) in [5.41, 5.74) is 8.32. The minimum atomic E-state index is 0.0429. The molecule has 1 heterocycles. The second kappa shape index (κ2) is 13.3. The van der Waals surface area contributed by atoms with Crippen LogP contribution in [-0.2, 0) is 18.4 Å². The van der Waals surface area contributed by atoms with Crippen LogP contribution in [0.5, 0.6) is 11.5 Å². The number of nitrogens with zero attached hydrogens (tertiary/aromatic N) is 2. The Morgan fingerprint density at radius 1 is 1.14 bits per heavy atom. The van der Waals surface area contributed by atoms with Gasteiger partial charge < -0.3 is 20.9 Å². The number of fused-ring (bicyclic) bond motifs is 1. The van der Waals surface area contributed by atoms with Crippen LogP contribution in [0.25, 0.3) is 23.2 Å². The fourth-order valence-electron chi connectivity index (χ4n) is 4.01. The van der Waals surface area contributed by atoms with Crippen molar-refractivity contribution < 1.29 is 19.2 Å². The zero-order valence-electron chi connectivity index (χ0n) is 20.6.